The quantitative estimate of drug-likeness (QED) is 0.697. The number of hydrogen-bond acceptors (Lipinski definition) is 4. The van der Waals surface area contributed by atoms with Gasteiger partial charge in [0.2, 0.25) is 5.91 Å². The number of carbonyl (C=O) groups is 1. The van der Waals surface area contributed by atoms with Gasteiger partial charge in [-0.25, -0.2) is 0 Å². The zero-order chi connectivity index (χ0) is 18.7. The molecule has 3 rings (SSSR count). The first-order chi connectivity index (χ1) is 12.5. The molecule has 0 aliphatic heterocycles. The third-order valence-electron chi connectivity index (χ3n) is 4.05. The van der Waals surface area contributed by atoms with Gasteiger partial charge < -0.3 is 19.9 Å². The molecule has 0 fully saturated rings. The number of halogens is 1. The van der Waals surface area contributed by atoms with Gasteiger partial charge in [-0.05, 0) is 29.0 Å². The van der Waals surface area contributed by atoms with Crippen LogP contribution in [0.25, 0.3) is 10.8 Å². The molecule has 0 spiro atoms. The van der Waals surface area contributed by atoms with Crippen molar-refractivity contribution in [2.24, 2.45) is 0 Å². The lowest BCUT2D eigenvalue weighted by molar-refractivity contribution is -0.115. The second-order valence-corrected chi connectivity index (χ2v) is 6.15. The Kier molecular flexibility index (Phi) is 5.19. The molecule has 6 heteroatoms. The SMILES string of the molecule is COc1cc(OC)c(NC(=O)Cc2cc3ccccc3cc2O)cc1Cl. The number of carbonyl (C=O) groups excluding carboxylic acids is 1. The molecule has 26 heavy (non-hydrogen) atoms. The molecule has 0 bridgehead atoms. The summed E-state index contributed by atoms with van der Waals surface area (Å²) in [5.41, 5.74) is 0.975. The van der Waals surface area contributed by atoms with Crippen molar-refractivity contribution >= 4 is 34.0 Å². The molecule has 3 aromatic rings. The van der Waals surface area contributed by atoms with Crippen LogP contribution in [-0.2, 0) is 11.2 Å². The molecule has 134 valence electrons. The van der Waals surface area contributed by atoms with Crippen LogP contribution in [0.5, 0.6) is 17.2 Å². The molecule has 3 aromatic carbocycles. The Morgan fingerprint density at radius 2 is 1.69 bits per heavy atom. The Hall–Kier alpha value is -2.92. The van der Waals surface area contributed by atoms with Crippen molar-refractivity contribution in [2.75, 3.05) is 19.5 Å². The summed E-state index contributed by atoms with van der Waals surface area (Å²) in [5.74, 6) is 0.671. The summed E-state index contributed by atoms with van der Waals surface area (Å²) in [4.78, 5) is 12.5. The molecular weight excluding hydrogens is 354 g/mol. The summed E-state index contributed by atoms with van der Waals surface area (Å²) < 4.78 is 10.4. The molecule has 0 atom stereocenters. The van der Waals surface area contributed by atoms with E-state index in [4.69, 9.17) is 21.1 Å². The summed E-state index contributed by atoms with van der Waals surface area (Å²) >= 11 is 6.12. The number of amides is 1. The molecule has 0 saturated carbocycles. The van der Waals surface area contributed by atoms with Crippen molar-refractivity contribution in [3.05, 3.63) is 59.1 Å². The molecule has 0 aliphatic carbocycles. The fourth-order valence-corrected chi connectivity index (χ4v) is 2.98. The van der Waals surface area contributed by atoms with E-state index >= 15 is 0 Å². The van der Waals surface area contributed by atoms with E-state index in [0.717, 1.165) is 10.8 Å². The lowest BCUT2D eigenvalue weighted by Crippen LogP contribution is -2.15. The van der Waals surface area contributed by atoms with E-state index in [9.17, 15) is 9.90 Å². The van der Waals surface area contributed by atoms with Crippen molar-refractivity contribution in [3.8, 4) is 17.2 Å². The average Bonchev–Trinajstić information content (AvgIpc) is 2.62. The minimum absolute atomic E-state index is 0.0173. The topological polar surface area (TPSA) is 67.8 Å². The number of ether oxygens (including phenoxy) is 2. The van der Waals surface area contributed by atoms with Gasteiger partial charge in [0.25, 0.3) is 0 Å². The Morgan fingerprint density at radius 3 is 2.35 bits per heavy atom. The average molecular weight is 372 g/mol. The zero-order valence-electron chi connectivity index (χ0n) is 14.4. The maximum Gasteiger partial charge on any atom is 0.229 e. The number of nitrogens with one attached hydrogen (secondary N) is 1. The highest BCUT2D eigenvalue weighted by Gasteiger charge is 2.14. The second-order valence-electron chi connectivity index (χ2n) is 5.74. The molecule has 0 saturated heterocycles. The molecule has 0 aromatic heterocycles. The van der Waals surface area contributed by atoms with Crippen LogP contribution in [0.1, 0.15) is 5.56 Å². The molecule has 5 nitrogen and oxygen atoms in total. The lowest BCUT2D eigenvalue weighted by atomic mass is 10.0. The predicted octanol–water partition coefficient (Wildman–Crippen LogP) is 4.40. The summed E-state index contributed by atoms with van der Waals surface area (Å²) in [7, 11) is 2.99. The Bertz CT molecular complexity index is 971. The molecule has 0 radical (unpaired) electrons. The Morgan fingerprint density at radius 1 is 1.04 bits per heavy atom. The van der Waals surface area contributed by atoms with Gasteiger partial charge in [-0.1, -0.05) is 35.9 Å². The highest BCUT2D eigenvalue weighted by molar-refractivity contribution is 6.32. The van der Waals surface area contributed by atoms with E-state index < -0.39 is 0 Å². The maximum atomic E-state index is 12.5. The van der Waals surface area contributed by atoms with Crippen LogP contribution in [0.4, 0.5) is 5.69 Å². The number of anilines is 1. The van der Waals surface area contributed by atoms with Gasteiger partial charge in [0.05, 0.1) is 31.4 Å². The summed E-state index contributed by atoms with van der Waals surface area (Å²) in [6, 6.07) is 14.3. The molecule has 0 aliphatic rings. The number of aromatic hydroxyl groups is 1. The van der Waals surface area contributed by atoms with E-state index in [-0.39, 0.29) is 18.1 Å². The van der Waals surface area contributed by atoms with E-state index in [1.54, 1.807) is 18.2 Å². The van der Waals surface area contributed by atoms with Crippen molar-refractivity contribution in [1.82, 2.24) is 0 Å². The Balaban J connectivity index is 1.83. The smallest absolute Gasteiger partial charge is 0.229 e. The fourth-order valence-electron chi connectivity index (χ4n) is 2.74. The zero-order valence-corrected chi connectivity index (χ0v) is 15.1. The van der Waals surface area contributed by atoms with E-state index in [1.165, 1.54) is 14.2 Å². The number of benzene rings is 3. The third kappa shape index (κ3) is 3.68. The van der Waals surface area contributed by atoms with Crippen LogP contribution in [-0.4, -0.2) is 25.2 Å². The van der Waals surface area contributed by atoms with Crippen molar-refractivity contribution in [2.45, 2.75) is 6.42 Å². The van der Waals surface area contributed by atoms with Gasteiger partial charge in [-0.3, -0.25) is 4.79 Å². The van der Waals surface area contributed by atoms with Gasteiger partial charge in [0.1, 0.15) is 17.2 Å². The maximum absolute atomic E-state index is 12.5. The lowest BCUT2D eigenvalue weighted by Gasteiger charge is -2.13. The fraction of sp³-hybridized carbons (Fsp3) is 0.150. The standard InChI is InChI=1S/C20H18ClNO4/c1-25-18-11-19(26-2)16(10-15(18)21)22-20(24)9-14-7-12-5-3-4-6-13(12)8-17(14)23/h3-8,10-11,23H,9H2,1-2H3,(H,22,24). The molecular formula is C20H18ClNO4. The molecule has 2 N–H and O–H groups in total. The van der Waals surface area contributed by atoms with Crippen molar-refractivity contribution in [1.29, 1.82) is 0 Å². The van der Waals surface area contributed by atoms with Crippen molar-refractivity contribution < 1.29 is 19.4 Å². The van der Waals surface area contributed by atoms with Crippen LogP contribution in [0.3, 0.4) is 0 Å². The van der Waals surface area contributed by atoms with Gasteiger partial charge >= 0.3 is 0 Å². The van der Waals surface area contributed by atoms with Crippen LogP contribution in [0, 0.1) is 0 Å². The van der Waals surface area contributed by atoms with Gasteiger partial charge in [-0.2, -0.15) is 0 Å². The van der Waals surface area contributed by atoms with Crippen LogP contribution in [0.2, 0.25) is 5.02 Å². The molecule has 1 amide bonds. The first kappa shape index (κ1) is 17.9. The minimum atomic E-state index is -0.296. The first-order valence-electron chi connectivity index (χ1n) is 7.94. The van der Waals surface area contributed by atoms with E-state index in [0.29, 0.717) is 27.8 Å². The summed E-state index contributed by atoms with van der Waals surface area (Å²) in [5, 5.41) is 15.2. The number of methoxy groups -OCH3 is 2. The number of fused-ring (bicyclic) bond motifs is 1. The number of phenolic OH excluding ortho intramolecular Hbond substituents is 1. The van der Waals surface area contributed by atoms with Gasteiger partial charge in [-0.15, -0.1) is 0 Å². The van der Waals surface area contributed by atoms with Crippen molar-refractivity contribution in [3.63, 3.8) is 0 Å². The largest absolute Gasteiger partial charge is 0.508 e. The normalized spacial score (nSPS) is 10.6. The van der Waals surface area contributed by atoms with E-state index in [2.05, 4.69) is 5.32 Å². The second kappa shape index (κ2) is 7.54. The summed E-state index contributed by atoms with van der Waals surface area (Å²) in [6.45, 7) is 0. The monoisotopic (exact) mass is 371 g/mol. The van der Waals surface area contributed by atoms with Crippen LogP contribution in [0.15, 0.2) is 48.5 Å². The first-order valence-corrected chi connectivity index (χ1v) is 8.31. The number of hydrogen-bond donors (Lipinski definition) is 2. The van der Waals surface area contributed by atoms with Crippen LogP contribution < -0.4 is 14.8 Å². The third-order valence-corrected chi connectivity index (χ3v) is 4.34. The van der Waals surface area contributed by atoms with Crippen LogP contribution >= 0.6 is 11.6 Å². The minimum Gasteiger partial charge on any atom is -0.508 e. The number of phenols is 1. The van der Waals surface area contributed by atoms with Gasteiger partial charge in [0.15, 0.2) is 0 Å². The number of rotatable bonds is 5. The Labute approximate surface area is 156 Å². The molecule has 0 heterocycles. The predicted molar refractivity (Wildman–Crippen MR) is 103 cm³/mol. The summed E-state index contributed by atoms with van der Waals surface area (Å²) in [6.07, 6.45) is 0.0173. The van der Waals surface area contributed by atoms with E-state index in [1.807, 2.05) is 30.3 Å². The highest BCUT2D eigenvalue weighted by Crippen LogP contribution is 2.36. The molecule has 0 unspecified atom stereocenters. The van der Waals surface area contributed by atoms with Gasteiger partial charge in [0, 0.05) is 11.6 Å². The highest BCUT2D eigenvalue weighted by atomic mass is 35.5.